The average molecular weight is 532 g/mol. The van der Waals surface area contributed by atoms with E-state index >= 15 is 0 Å². The molecule has 2 aromatic carbocycles. The predicted octanol–water partition coefficient (Wildman–Crippen LogP) is 4.35. The van der Waals surface area contributed by atoms with Crippen molar-refractivity contribution in [1.82, 2.24) is 15.5 Å². The highest BCUT2D eigenvalue weighted by Gasteiger charge is 2.19. The highest BCUT2D eigenvalue weighted by atomic mass is 127. The molecule has 0 saturated carbocycles. The van der Waals surface area contributed by atoms with E-state index in [1.807, 2.05) is 23.1 Å². The predicted molar refractivity (Wildman–Crippen MR) is 134 cm³/mol. The zero-order valence-electron chi connectivity index (χ0n) is 18.0. The number of carbonyl (C=O) groups is 1. The number of guanidine groups is 1. The Morgan fingerprint density at radius 3 is 2.45 bits per heavy atom. The summed E-state index contributed by atoms with van der Waals surface area (Å²) >= 11 is 0. The maximum absolute atomic E-state index is 11.8. The number of aliphatic imine (C=N–C) groups is 1. The van der Waals surface area contributed by atoms with Crippen LogP contribution >= 0.6 is 24.0 Å². The normalized spacial score (nSPS) is 14.1. The number of nitrogens with one attached hydrogen (secondary N) is 2. The molecule has 2 heterocycles. The molecule has 0 aliphatic carbocycles. The zero-order valence-corrected chi connectivity index (χ0v) is 20.3. The number of benzene rings is 2. The fraction of sp³-hybridized carbons (Fsp3) is 0.333. The Kier molecular flexibility index (Phi) is 7.95. The molecule has 4 rings (SSSR count). The molecule has 0 bridgehead atoms. The van der Waals surface area contributed by atoms with Gasteiger partial charge in [0.2, 0.25) is 5.91 Å². The van der Waals surface area contributed by atoms with Crippen LogP contribution in [0.4, 0.5) is 0 Å². The summed E-state index contributed by atoms with van der Waals surface area (Å²) in [5, 5.41) is 7.81. The highest BCUT2D eigenvalue weighted by Crippen LogP contribution is 2.24. The summed E-state index contributed by atoms with van der Waals surface area (Å²) in [7, 11) is 1.76. The van der Waals surface area contributed by atoms with Crippen LogP contribution in [0.2, 0.25) is 0 Å². The van der Waals surface area contributed by atoms with E-state index in [0.29, 0.717) is 26.1 Å². The summed E-state index contributed by atoms with van der Waals surface area (Å²) < 4.78 is 5.96. The maximum atomic E-state index is 11.8. The summed E-state index contributed by atoms with van der Waals surface area (Å²) in [6.07, 6.45) is 1.65. The molecular formula is C24H29IN4O2. The van der Waals surface area contributed by atoms with Crippen molar-refractivity contribution in [1.29, 1.82) is 0 Å². The molecular weight excluding hydrogens is 503 g/mol. The summed E-state index contributed by atoms with van der Waals surface area (Å²) in [4.78, 5) is 18.0. The van der Waals surface area contributed by atoms with Crippen LogP contribution in [-0.2, 0) is 24.4 Å². The van der Waals surface area contributed by atoms with Crippen molar-refractivity contribution in [2.45, 2.75) is 39.4 Å². The van der Waals surface area contributed by atoms with Gasteiger partial charge in [-0.15, -0.1) is 24.0 Å². The summed E-state index contributed by atoms with van der Waals surface area (Å²) in [5.41, 5.74) is 4.39. The van der Waals surface area contributed by atoms with Crippen LogP contribution in [0, 0.1) is 6.92 Å². The number of para-hydroxylation sites is 1. The lowest BCUT2D eigenvalue weighted by Gasteiger charge is -2.16. The molecule has 1 amide bonds. The first-order valence-electron chi connectivity index (χ1n) is 10.4. The van der Waals surface area contributed by atoms with Gasteiger partial charge >= 0.3 is 0 Å². The van der Waals surface area contributed by atoms with Crippen molar-refractivity contribution in [3.05, 3.63) is 71.0 Å². The molecule has 1 aliphatic rings. The Morgan fingerprint density at radius 1 is 1.06 bits per heavy atom. The third-order valence-electron chi connectivity index (χ3n) is 5.61. The molecule has 1 saturated heterocycles. The number of carbonyl (C=O) groups excluding carboxylic acids is 1. The number of rotatable bonds is 6. The molecule has 1 aliphatic heterocycles. The minimum absolute atomic E-state index is 0. The van der Waals surface area contributed by atoms with Crippen LogP contribution < -0.4 is 10.6 Å². The lowest BCUT2D eigenvalue weighted by molar-refractivity contribution is -0.128. The smallest absolute Gasteiger partial charge is 0.222 e. The van der Waals surface area contributed by atoms with Gasteiger partial charge in [0.1, 0.15) is 11.3 Å². The largest absolute Gasteiger partial charge is 0.459 e. The Bertz CT molecular complexity index is 1060. The molecule has 0 atom stereocenters. The summed E-state index contributed by atoms with van der Waals surface area (Å²) in [6, 6.07) is 16.5. The topological polar surface area (TPSA) is 69.9 Å². The van der Waals surface area contributed by atoms with E-state index in [2.05, 4.69) is 52.9 Å². The SMILES string of the molecule is CN=C(NCc1ccc(CN2CCCC2=O)cc1)NCc1oc2ccccc2c1C.I. The van der Waals surface area contributed by atoms with Crippen molar-refractivity contribution >= 4 is 46.8 Å². The molecule has 2 N–H and O–H groups in total. The minimum Gasteiger partial charge on any atom is -0.459 e. The fourth-order valence-electron chi connectivity index (χ4n) is 3.82. The maximum Gasteiger partial charge on any atom is 0.222 e. The summed E-state index contributed by atoms with van der Waals surface area (Å²) in [5.74, 6) is 1.90. The van der Waals surface area contributed by atoms with Crippen LogP contribution in [0.3, 0.4) is 0 Å². The van der Waals surface area contributed by atoms with Gasteiger partial charge in [-0.25, -0.2) is 0 Å². The zero-order chi connectivity index (χ0) is 20.9. The standard InChI is InChI=1S/C24H28N4O2.HI/c1-17-20-6-3-4-7-21(20)30-22(17)15-27-24(25-2)26-14-18-9-11-19(12-10-18)16-28-13-5-8-23(28)29;/h3-4,6-7,9-12H,5,8,13-16H2,1-2H3,(H2,25,26,27);1H. The molecule has 1 aromatic heterocycles. The molecule has 0 radical (unpaired) electrons. The van der Waals surface area contributed by atoms with Crippen molar-refractivity contribution in [2.24, 2.45) is 4.99 Å². The Hall–Kier alpha value is -2.55. The number of likely N-dealkylation sites (tertiary alicyclic amines) is 1. The van der Waals surface area contributed by atoms with Crippen LogP contribution in [0.25, 0.3) is 11.0 Å². The number of furan rings is 1. The molecule has 3 aromatic rings. The van der Waals surface area contributed by atoms with E-state index in [1.165, 1.54) is 0 Å². The van der Waals surface area contributed by atoms with Crippen LogP contribution in [0.1, 0.15) is 35.3 Å². The molecule has 6 nitrogen and oxygen atoms in total. The van der Waals surface area contributed by atoms with E-state index < -0.39 is 0 Å². The third kappa shape index (κ3) is 5.58. The van der Waals surface area contributed by atoms with Crippen molar-refractivity contribution in [2.75, 3.05) is 13.6 Å². The van der Waals surface area contributed by atoms with Gasteiger partial charge in [-0.3, -0.25) is 9.79 Å². The van der Waals surface area contributed by atoms with Crippen molar-refractivity contribution in [3.8, 4) is 0 Å². The first kappa shape index (κ1) is 23.1. The van der Waals surface area contributed by atoms with Gasteiger partial charge in [0.15, 0.2) is 5.96 Å². The number of nitrogens with zero attached hydrogens (tertiary/aromatic N) is 2. The quantitative estimate of drug-likeness (QED) is 0.282. The Labute approximate surface area is 200 Å². The van der Waals surface area contributed by atoms with Crippen molar-refractivity contribution in [3.63, 3.8) is 0 Å². The van der Waals surface area contributed by atoms with Gasteiger partial charge < -0.3 is 20.0 Å². The molecule has 0 spiro atoms. The Morgan fingerprint density at radius 2 is 1.77 bits per heavy atom. The van der Waals surface area contributed by atoms with E-state index in [4.69, 9.17) is 4.42 Å². The number of halogens is 1. The number of hydrogen-bond acceptors (Lipinski definition) is 3. The van der Waals surface area contributed by atoms with Gasteiger partial charge in [-0.05, 0) is 30.5 Å². The van der Waals surface area contributed by atoms with Gasteiger partial charge in [0.05, 0.1) is 6.54 Å². The second kappa shape index (κ2) is 10.7. The molecule has 164 valence electrons. The van der Waals surface area contributed by atoms with Gasteiger partial charge in [0, 0.05) is 44.1 Å². The van der Waals surface area contributed by atoms with Crippen LogP contribution in [0.5, 0.6) is 0 Å². The first-order valence-corrected chi connectivity index (χ1v) is 10.4. The van der Waals surface area contributed by atoms with Gasteiger partial charge in [0.25, 0.3) is 0 Å². The second-order valence-electron chi connectivity index (χ2n) is 7.66. The van der Waals surface area contributed by atoms with Gasteiger partial charge in [-0.1, -0.05) is 42.5 Å². The van der Waals surface area contributed by atoms with E-state index in [1.54, 1.807) is 7.05 Å². The third-order valence-corrected chi connectivity index (χ3v) is 5.61. The van der Waals surface area contributed by atoms with E-state index in [0.717, 1.165) is 52.3 Å². The van der Waals surface area contributed by atoms with Crippen LogP contribution in [-0.4, -0.2) is 30.4 Å². The van der Waals surface area contributed by atoms with Crippen LogP contribution in [0.15, 0.2) is 57.9 Å². The van der Waals surface area contributed by atoms with E-state index in [-0.39, 0.29) is 29.9 Å². The van der Waals surface area contributed by atoms with Gasteiger partial charge in [-0.2, -0.15) is 0 Å². The first-order chi connectivity index (χ1) is 14.6. The number of fused-ring (bicyclic) bond motifs is 1. The van der Waals surface area contributed by atoms with Crippen molar-refractivity contribution < 1.29 is 9.21 Å². The average Bonchev–Trinajstić information content (AvgIpc) is 3.32. The van der Waals surface area contributed by atoms with E-state index in [9.17, 15) is 4.79 Å². The molecule has 7 heteroatoms. The lowest BCUT2D eigenvalue weighted by Crippen LogP contribution is -2.36. The Balaban J connectivity index is 0.00000272. The fourth-order valence-corrected chi connectivity index (χ4v) is 3.82. The second-order valence-corrected chi connectivity index (χ2v) is 7.66. The molecule has 31 heavy (non-hydrogen) atoms. The number of hydrogen-bond donors (Lipinski definition) is 2. The summed E-state index contributed by atoms with van der Waals surface area (Å²) in [6.45, 7) is 4.89. The highest BCUT2D eigenvalue weighted by molar-refractivity contribution is 14.0. The minimum atomic E-state index is 0. The molecule has 0 unspecified atom stereocenters. The number of aryl methyl sites for hydroxylation is 1. The monoisotopic (exact) mass is 532 g/mol. The number of amides is 1. The lowest BCUT2D eigenvalue weighted by atomic mass is 10.1. The molecule has 1 fully saturated rings.